The lowest BCUT2D eigenvalue weighted by Crippen LogP contribution is -2.21. The third kappa shape index (κ3) is 6.79. The summed E-state index contributed by atoms with van der Waals surface area (Å²) in [6.07, 6.45) is 2.90. The number of hydrogen-bond donors (Lipinski definition) is 0. The fourth-order valence-electron chi connectivity index (χ4n) is 0.539. The molecule has 1 aliphatic carbocycles. The third-order valence-electron chi connectivity index (χ3n) is 1.83. The maximum absolute atomic E-state index is 4.74. The van der Waals surface area contributed by atoms with Crippen molar-refractivity contribution in [1.82, 2.24) is 0 Å². The van der Waals surface area contributed by atoms with Gasteiger partial charge in [-0.15, -0.1) is 0 Å². The largest absolute Gasteiger partial charge is 0.483 e. The van der Waals surface area contributed by atoms with Crippen LogP contribution in [0.1, 0.15) is 26.7 Å². The Morgan fingerprint density at radius 2 is 1.17 bits per heavy atom. The molecule has 0 amide bonds. The molecule has 0 bridgehead atoms. The van der Waals surface area contributed by atoms with Crippen LogP contribution in [0.2, 0.25) is 0 Å². The molecular weight excluding hydrogens is 172 g/mol. The van der Waals surface area contributed by atoms with Crippen LogP contribution in [0.4, 0.5) is 0 Å². The summed E-state index contributed by atoms with van der Waals surface area (Å²) in [5.74, 6) is 0. The standard InChI is InChI=1S/C5H10.C3H10O3Si/c1-5(2)3-4-5;1-4-7(5-2)6-3/h3-4H2,1-2H3;7H,1-3H3. The van der Waals surface area contributed by atoms with Gasteiger partial charge in [0.2, 0.25) is 0 Å². The summed E-state index contributed by atoms with van der Waals surface area (Å²) >= 11 is 0. The monoisotopic (exact) mass is 192 g/mol. The SMILES string of the molecule is CC1(C)CC1.CO[SiH](OC)OC. The van der Waals surface area contributed by atoms with Gasteiger partial charge in [-0.1, -0.05) is 13.8 Å². The van der Waals surface area contributed by atoms with E-state index in [-0.39, 0.29) is 0 Å². The zero-order valence-corrected chi connectivity index (χ0v) is 9.87. The quantitative estimate of drug-likeness (QED) is 0.633. The molecule has 1 rings (SSSR count). The number of hydrogen-bond acceptors (Lipinski definition) is 3. The molecular formula is C8H20O3Si. The van der Waals surface area contributed by atoms with Crippen LogP contribution >= 0.6 is 0 Å². The predicted octanol–water partition coefficient (Wildman–Crippen LogP) is 1.45. The molecule has 0 aromatic rings. The van der Waals surface area contributed by atoms with Crippen molar-refractivity contribution in [2.75, 3.05) is 21.3 Å². The van der Waals surface area contributed by atoms with Gasteiger partial charge in [-0.3, -0.25) is 0 Å². The Morgan fingerprint density at radius 1 is 0.917 bits per heavy atom. The second-order valence-electron chi connectivity index (χ2n) is 3.66. The van der Waals surface area contributed by atoms with Crippen LogP contribution in [-0.2, 0) is 13.3 Å². The van der Waals surface area contributed by atoms with Gasteiger partial charge in [0.1, 0.15) is 0 Å². The minimum atomic E-state index is -1.67. The maximum atomic E-state index is 4.74. The lowest BCUT2D eigenvalue weighted by atomic mass is 10.2. The molecule has 0 aromatic heterocycles. The first-order valence-corrected chi connectivity index (χ1v) is 5.55. The van der Waals surface area contributed by atoms with Gasteiger partial charge < -0.3 is 13.3 Å². The summed E-state index contributed by atoms with van der Waals surface area (Å²) in [5, 5.41) is 0. The summed E-state index contributed by atoms with van der Waals surface area (Å²) < 4.78 is 14.2. The maximum Gasteiger partial charge on any atom is 0.483 e. The van der Waals surface area contributed by atoms with Crippen LogP contribution in [-0.4, -0.2) is 30.9 Å². The average Bonchev–Trinajstić information content (AvgIpc) is 2.71. The Hall–Kier alpha value is 0.0969. The van der Waals surface area contributed by atoms with E-state index < -0.39 is 9.53 Å². The normalized spacial score (nSPS) is 18.5. The van der Waals surface area contributed by atoms with Crippen molar-refractivity contribution in [2.24, 2.45) is 5.41 Å². The van der Waals surface area contributed by atoms with Gasteiger partial charge in [-0.2, -0.15) is 0 Å². The van der Waals surface area contributed by atoms with Crippen molar-refractivity contribution in [3.8, 4) is 0 Å². The molecule has 1 aliphatic rings. The van der Waals surface area contributed by atoms with Gasteiger partial charge in [0.25, 0.3) is 0 Å². The Morgan fingerprint density at radius 3 is 1.17 bits per heavy atom. The van der Waals surface area contributed by atoms with Gasteiger partial charge >= 0.3 is 9.53 Å². The highest BCUT2D eigenvalue weighted by Crippen LogP contribution is 2.43. The molecule has 0 N–H and O–H groups in total. The smallest absolute Gasteiger partial charge is 0.379 e. The molecule has 0 heterocycles. The Bertz CT molecular complexity index is 101. The van der Waals surface area contributed by atoms with Crippen molar-refractivity contribution in [1.29, 1.82) is 0 Å². The van der Waals surface area contributed by atoms with Gasteiger partial charge in [0.15, 0.2) is 0 Å². The third-order valence-corrected chi connectivity index (χ3v) is 2.98. The van der Waals surface area contributed by atoms with Crippen molar-refractivity contribution < 1.29 is 13.3 Å². The fourth-order valence-corrected chi connectivity index (χ4v) is 1.12. The zero-order chi connectivity index (χ0) is 9.61. The van der Waals surface area contributed by atoms with Gasteiger partial charge in [-0.05, 0) is 18.3 Å². The second kappa shape index (κ2) is 5.69. The molecule has 3 nitrogen and oxygen atoms in total. The average molecular weight is 192 g/mol. The van der Waals surface area contributed by atoms with Gasteiger partial charge in [0.05, 0.1) is 0 Å². The molecule has 0 atom stereocenters. The van der Waals surface area contributed by atoms with Crippen molar-refractivity contribution in [3.05, 3.63) is 0 Å². The van der Waals surface area contributed by atoms with Gasteiger partial charge in [-0.25, -0.2) is 0 Å². The van der Waals surface area contributed by atoms with E-state index in [2.05, 4.69) is 13.8 Å². The topological polar surface area (TPSA) is 27.7 Å². The van der Waals surface area contributed by atoms with E-state index >= 15 is 0 Å². The Labute approximate surface area is 77.0 Å². The van der Waals surface area contributed by atoms with E-state index in [1.165, 1.54) is 12.8 Å². The van der Waals surface area contributed by atoms with Crippen LogP contribution in [0.3, 0.4) is 0 Å². The summed E-state index contributed by atoms with van der Waals surface area (Å²) in [7, 11) is 3.05. The highest BCUT2D eigenvalue weighted by molar-refractivity contribution is 6.36. The molecule has 0 spiro atoms. The first-order valence-electron chi connectivity index (χ1n) is 4.14. The molecule has 0 saturated heterocycles. The molecule has 0 unspecified atom stereocenters. The van der Waals surface area contributed by atoms with Gasteiger partial charge in [0, 0.05) is 21.3 Å². The zero-order valence-electron chi connectivity index (χ0n) is 8.72. The highest BCUT2D eigenvalue weighted by Gasteiger charge is 2.30. The van der Waals surface area contributed by atoms with E-state index in [0.717, 1.165) is 5.41 Å². The highest BCUT2D eigenvalue weighted by atomic mass is 28.3. The molecule has 12 heavy (non-hydrogen) atoms. The van der Waals surface area contributed by atoms with Crippen molar-refractivity contribution >= 4 is 9.53 Å². The van der Waals surface area contributed by atoms with E-state index in [0.29, 0.717) is 0 Å². The summed E-state index contributed by atoms with van der Waals surface area (Å²) in [6, 6.07) is 0. The molecule has 1 fully saturated rings. The molecule has 74 valence electrons. The minimum Gasteiger partial charge on any atom is -0.379 e. The molecule has 0 aromatic carbocycles. The van der Waals surface area contributed by atoms with Crippen LogP contribution in [0.5, 0.6) is 0 Å². The second-order valence-corrected chi connectivity index (χ2v) is 5.65. The number of rotatable bonds is 3. The fraction of sp³-hybridized carbons (Fsp3) is 1.00. The Balaban J connectivity index is 0.000000211. The molecule has 1 saturated carbocycles. The van der Waals surface area contributed by atoms with Crippen molar-refractivity contribution in [3.63, 3.8) is 0 Å². The summed E-state index contributed by atoms with van der Waals surface area (Å²) in [6.45, 7) is 4.60. The van der Waals surface area contributed by atoms with Crippen LogP contribution in [0.15, 0.2) is 0 Å². The van der Waals surface area contributed by atoms with Crippen LogP contribution in [0, 0.1) is 5.41 Å². The molecule has 0 aliphatic heterocycles. The van der Waals surface area contributed by atoms with Crippen molar-refractivity contribution in [2.45, 2.75) is 26.7 Å². The van der Waals surface area contributed by atoms with E-state index in [9.17, 15) is 0 Å². The molecule has 0 radical (unpaired) electrons. The van der Waals surface area contributed by atoms with E-state index in [1.807, 2.05) is 0 Å². The van der Waals surface area contributed by atoms with E-state index in [1.54, 1.807) is 21.3 Å². The Kier molecular flexibility index (Phi) is 5.74. The first kappa shape index (κ1) is 12.1. The lowest BCUT2D eigenvalue weighted by Gasteiger charge is -2.05. The molecule has 4 heteroatoms. The predicted molar refractivity (Wildman–Crippen MR) is 51.2 cm³/mol. The summed E-state index contributed by atoms with van der Waals surface area (Å²) in [5.41, 5.74) is 0.750. The first-order chi connectivity index (χ1) is 5.55. The van der Waals surface area contributed by atoms with E-state index in [4.69, 9.17) is 13.3 Å². The minimum absolute atomic E-state index is 0.750. The lowest BCUT2D eigenvalue weighted by molar-refractivity contribution is 0.163. The van der Waals surface area contributed by atoms with Crippen LogP contribution < -0.4 is 0 Å². The van der Waals surface area contributed by atoms with Crippen LogP contribution in [0.25, 0.3) is 0 Å². The summed E-state index contributed by atoms with van der Waals surface area (Å²) in [4.78, 5) is 0.